The van der Waals surface area contributed by atoms with E-state index in [-0.39, 0.29) is 19.2 Å². The Labute approximate surface area is 145 Å². The van der Waals surface area contributed by atoms with Crippen LogP contribution in [0.3, 0.4) is 0 Å². The fourth-order valence-electron chi connectivity index (χ4n) is 2.89. The van der Waals surface area contributed by atoms with Gasteiger partial charge in [0.1, 0.15) is 31.0 Å². The van der Waals surface area contributed by atoms with E-state index in [2.05, 4.69) is 6.92 Å². The van der Waals surface area contributed by atoms with Gasteiger partial charge in [0, 0.05) is 6.42 Å². The zero-order valence-corrected chi connectivity index (χ0v) is 14.9. The van der Waals surface area contributed by atoms with E-state index in [1.807, 2.05) is 0 Å². The molecule has 0 amide bonds. The molecule has 3 N–H and O–H groups in total. The molecule has 0 spiro atoms. The summed E-state index contributed by atoms with van der Waals surface area (Å²) in [6.07, 6.45) is 6.84. The summed E-state index contributed by atoms with van der Waals surface area (Å²) in [4.78, 5) is 11.6. The highest BCUT2D eigenvalue weighted by atomic mass is 16.6. The highest BCUT2D eigenvalue weighted by Crippen LogP contribution is 2.18. The van der Waals surface area contributed by atoms with Gasteiger partial charge in [0.25, 0.3) is 0 Å². The van der Waals surface area contributed by atoms with E-state index in [0.717, 1.165) is 19.3 Å². The predicted molar refractivity (Wildman–Crippen MR) is 90.6 cm³/mol. The molecule has 0 radical (unpaired) electrons. The first-order chi connectivity index (χ1) is 11.6. The highest BCUT2D eigenvalue weighted by Gasteiger charge is 2.39. The molecule has 0 aromatic carbocycles. The topological polar surface area (TPSA) is 96.2 Å². The summed E-state index contributed by atoms with van der Waals surface area (Å²) >= 11 is 0. The number of rotatable bonds is 13. The molecule has 4 atom stereocenters. The van der Waals surface area contributed by atoms with Crippen molar-refractivity contribution >= 4 is 5.97 Å². The molecule has 0 aromatic rings. The van der Waals surface area contributed by atoms with Gasteiger partial charge in [0.15, 0.2) is 0 Å². The highest BCUT2D eigenvalue weighted by molar-refractivity contribution is 5.69. The Morgan fingerprint density at radius 2 is 1.67 bits per heavy atom. The van der Waals surface area contributed by atoms with Crippen LogP contribution in [0.5, 0.6) is 0 Å². The van der Waals surface area contributed by atoms with Gasteiger partial charge in [0.2, 0.25) is 0 Å². The van der Waals surface area contributed by atoms with Crippen molar-refractivity contribution < 1.29 is 29.6 Å². The van der Waals surface area contributed by atoms with E-state index < -0.39 is 24.4 Å². The van der Waals surface area contributed by atoms with E-state index in [4.69, 9.17) is 9.47 Å². The second kappa shape index (κ2) is 12.6. The van der Waals surface area contributed by atoms with E-state index in [1.54, 1.807) is 0 Å². The van der Waals surface area contributed by atoms with Crippen LogP contribution in [0.1, 0.15) is 71.1 Å². The molecule has 1 aliphatic heterocycles. The molecule has 6 heteroatoms. The predicted octanol–water partition coefficient (Wildman–Crippen LogP) is 1.93. The Morgan fingerprint density at radius 3 is 2.21 bits per heavy atom. The van der Waals surface area contributed by atoms with Gasteiger partial charge >= 0.3 is 5.97 Å². The summed E-state index contributed by atoms with van der Waals surface area (Å²) in [5.74, 6) is -0.343. The van der Waals surface area contributed by atoms with Crippen molar-refractivity contribution in [3.8, 4) is 0 Å². The molecular formula is C18H34O6. The standard InChI is InChI=1S/C18H34O6/c1-2-3-4-5-6-7-8-9-10-11-16(21)23-13-15(20)18-17(22)14(19)12-24-18/h14-15,17-20,22H,2-13H2,1H3/t14-,15-,17+,18+/m1/s1. The summed E-state index contributed by atoms with van der Waals surface area (Å²) in [5.41, 5.74) is 0. The average Bonchev–Trinajstić information content (AvgIpc) is 2.90. The molecule has 0 aromatic heterocycles. The Bertz CT molecular complexity index is 335. The summed E-state index contributed by atoms with van der Waals surface area (Å²) < 4.78 is 10.1. The lowest BCUT2D eigenvalue weighted by molar-refractivity contribution is -0.151. The molecule has 0 aliphatic carbocycles. The second-order valence-electron chi connectivity index (χ2n) is 6.68. The number of carbonyl (C=O) groups excluding carboxylic acids is 1. The molecule has 1 fully saturated rings. The summed E-state index contributed by atoms with van der Waals surface area (Å²) in [7, 11) is 0. The van der Waals surface area contributed by atoms with Crippen molar-refractivity contribution in [1.29, 1.82) is 0 Å². The fraction of sp³-hybridized carbons (Fsp3) is 0.944. The van der Waals surface area contributed by atoms with Crippen LogP contribution in [-0.2, 0) is 14.3 Å². The maximum Gasteiger partial charge on any atom is 0.305 e. The van der Waals surface area contributed by atoms with Gasteiger partial charge in [0.05, 0.1) is 6.61 Å². The molecule has 1 rings (SSSR count). The number of hydrogen-bond donors (Lipinski definition) is 3. The van der Waals surface area contributed by atoms with Crippen molar-refractivity contribution in [2.45, 2.75) is 95.5 Å². The first-order valence-corrected chi connectivity index (χ1v) is 9.37. The van der Waals surface area contributed by atoms with Gasteiger partial charge in [-0.15, -0.1) is 0 Å². The van der Waals surface area contributed by atoms with Crippen LogP contribution >= 0.6 is 0 Å². The Balaban J connectivity index is 1.96. The van der Waals surface area contributed by atoms with Gasteiger partial charge in [-0.25, -0.2) is 0 Å². The summed E-state index contributed by atoms with van der Waals surface area (Å²) in [6.45, 7) is 1.98. The number of unbranched alkanes of at least 4 members (excludes halogenated alkanes) is 8. The molecule has 142 valence electrons. The van der Waals surface area contributed by atoms with Crippen molar-refractivity contribution in [2.24, 2.45) is 0 Å². The van der Waals surface area contributed by atoms with Crippen LogP contribution in [0.15, 0.2) is 0 Å². The minimum absolute atomic E-state index is 0.0186. The number of aliphatic hydroxyl groups is 3. The number of ether oxygens (including phenoxy) is 2. The van der Waals surface area contributed by atoms with Crippen LogP contribution in [0.25, 0.3) is 0 Å². The molecular weight excluding hydrogens is 312 g/mol. The van der Waals surface area contributed by atoms with Crippen LogP contribution in [0.4, 0.5) is 0 Å². The van der Waals surface area contributed by atoms with Gasteiger partial charge in [-0.2, -0.15) is 0 Å². The maximum atomic E-state index is 11.6. The molecule has 1 aliphatic rings. The van der Waals surface area contributed by atoms with Crippen molar-refractivity contribution in [3.63, 3.8) is 0 Å². The third kappa shape index (κ3) is 8.42. The average molecular weight is 346 g/mol. The van der Waals surface area contributed by atoms with Gasteiger partial charge in [-0.05, 0) is 6.42 Å². The van der Waals surface area contributed by atoms with Crippen molar-refractivity contribution in [3.05, 3.63) is 0 Å². The lowest BCUT2D eigenvalue weighted by atomic mass is 10.1. The first-order valence-electron chi connectivity index (χ1n) is 9.37. The molecule has 1 heterocycles. The minimum atomic E-state index is -1.14. The third-order valence-electron chi connectivity index (χ3n) is 4.47. The van der Waals surface area contributed by atoms with Crippen LogP contribution < -0.4 is 0 Å². The van der Waals surface area contributed by atoms with Gasteiger partial charge < -0.3 is 24.8 Å². The maximum absolute atomic E-state index is 11.6. The molecule has 24 heavy (non-hydrogen) atoms. The third-order valence-corrected chi connectivity index (χ3v) is 4.47. The summed E-state index contributed by atoms with van der Waals surface area (Å²) in [6, 6.07) is 0. The monoisotopic (exact) mass is 346 g/mol. The van der Waals surface area contributed by atoms with E-state index >= 15 is 0 Å². The first kappa shape index (κ1) is 21.4. The fourth-order valence-corrected chi connectivity index (χ4v) is 2.89. The van der Waals surface area contributed by atoms with Crippen LogP contribution in [0.2, 0.25) is 0 Å². The zero-order chi connectivity index (χ0) is 17.8. The Hall–Kier alpha value is -0.690. The number of carbonyl (C=O) groups is 1. The molecule has 6 nitrogen and oxygen atoms in total. The van der Waals surface area contributed by atoms with Crippen molar-refractivity contribution in [2.75, 3.05) is 13.2 Å². The van der Waals surface area contributed by atoms with E-state index in [1.165, 1.54) is 38.5 Å². The number of esters is 1. The van der Waals surface area contributed by atoms with Gasteiger partial charge in [-0.3, -0.25) is 4.79 Å². The van der Waals surface area contributed by atoms with E-state index in [0.29, 0.717) is 6.42 Å². The molecule has 0 unspecified atom stereocenters. The minimum Gasteiger partial charge on any atom is -0.463 e. The van der Waals surface area contributed by atoms with E-state index in [9.17, 15) is 20.1 Å². The normalized spacial score (nSPS) is 24.9. The Kier molecular flexibility index (Phi) is 11.2. The van der Waals surface area contributed by atoms with Gasteiger partial charge in [-0.1, -0.05) is 58.3 Å². The SMILES string of the molecule is CCCCCCCCCCCC(=O)OC[C@@H](O)[C@@H]1OC[C@@H](O)[C@@H]1O. The number of aliphatic hydroxyl groups excluding tert-OH is 3. The van der Waals surface area contributed by atoms with Crippen LogP contribution in [-0.4, -0.2) is 58.9 Å². The van der Waals surface area contributed by atoms with Crippen LogP contribution in [0, 0.1) is 0 Å². The molecule has 1 saturated heterocycles. The summed E-state index contributed by atoms with van der Waals surface area (Å²) in [5, 5.41) is 28.8. The van der Waals surface area contributed by atoms with Crippen molar-refractivity contribution in [1.82, 2.24) is 0 Å². The number of hydrogen-bond acceptors (Lipinski definition) is 6. The zero-order valence-electron chi connectivity index (χ0n) is 14.9. The largest absolute Gasteiger partial charge is 0.463 e. The quantitative estimate of drug-likeness (QED) is 0.348. The molecule has 0 saturated carbocycles. The Morgan fingerprint density at radius 1 is 1.08 bits per heavy atom. The lowest BCUT2D eigenvalue weighted by Crippen LogP contribution is -2.41. The smallest absolute Gasteiger partial charge is 0.305 e. The lowest BCUT2D eigenvalue weighted by Gasteiger charge is -2.20. The second-order valence-corrected chi connectivity index (χ2v) is 6.68. The molecule has 0 bridgehead atoms.